The molecule has 2 aliphatic rings. The summed E-state index contributed by atoms with van der Waals surface area (Å²) >= 11 is 1.70. The molecule has 1 aromatic heterocycles. The summed E-state index contributed by atoms with van der Waals surface area (Å²) in [5, 5.41) is 13.6. The number of carbonyl (C=O) groups is 1. The zero-order valence-electron chi connectivity index (χ0n) is 17.7. The Morgan fingerprint density at radius 2 is 1.91 bits per heavy atom. The Morgan fingerprint density at radius 1 is 1.06 bits per heavy atom. The molecule has 1 N–H and O–H groups in total. The van der Waals surface area contributed by atoms with Crippen LogP contribution in [0, 0.1) is 0 Å². The molecule has 2 aliphatic heterocycles. The van der Waals surface area contributed by atoms with E-state index in [1.807, 2.05) is 23.1 Å². The van der Waals surface area contributed by atoms with Gasteiger partial charge >= 0.3 is 0 Å². The maximum Gasteiger partial charge on any atom is 0.254 e. The van der Waals surface area contributed by atoms with Crippen molar-refractivity contribution in [3.63, 3.8) is 0 Å². The molecule has 1 saturated heterocycles. The summed E-state index contributed by atoms with van der Waals surface area (Å²) in [4.78, 5) is 17.0. The molecule has 1 unspecified atom stereocenters. The van der Waals surface area contributed by atoms with Crippen LogP contribution in [0.2, 0.25) is 0 Å². The van der Waals surface area contributed by atoms with Crippen molar-refractivity contribution in [1.82, 2.24) is 9.80 Å². The van der Waals surface area contributed by atoms with Gasteiger partial charge in [0, 0.05) is 43.0 Å². The van der Waals surface area contributed by atoms with Crippen LogP contribution < -0.4 is 9.47 Å². The van der Waals surface area contributed by atoms with Gasteiger partial charge in [0.05, 0.1) is 13.2 Å². The molecule has 32 heavy (non-hydrogen) atoms. The van der Waals surface area contributed by atoms with Crippen molar-refractivity contribution >= 4 is 27.3 Å². The summed E-state index contributed by atoms with van der Waals surface area (Å²) in [5.41, 5.74) is 1.51. The van der Waals surface area contributed by atoms with Crippen LogP contribution in [0.15, 0.2) is 47.8 Å². The van der Waals surface area contributed by atoms with Gasteiger partial charge in [-0.15, -0.1) is 11.3 Å². The van der Waals surface area contributed by atoms with Crippen LogP contribution in [0.5, 0.6) is 11.5 Å². The molecule has 1 atom stereocenters. The summed E-state index contributed by atoms with van der Waals surface area (Å²) in [6, 6.07) is 13.4. The zero-order chi connectivity index (χ0) is 21.9. The van der Waals surface area contributed by atoms with Gasteiger partial charge in [-0.2, -0.15) is 0 Å². The van der Waals surface area contributed by atoms with Gasteiger partial charge in [0.15, 0.2) is 11.5 Å². The Morgan fingerprint density at radius 3 is 2.78 bits per heavy atom. The summed E-state index contributed by atoms with van der Waals surface area (Å²) in [6.07, 6.45) is -0.629. The summed E-state index contributed by atoms with van der Waals surface area (Å²) < 4.78 is 17.6. The van der Waals surface area contributed by atoms with Crippen molar-refractivity contribution in [1.29, 1.82) is 0 Å². The first kappa shape index (κ1) is 21.2. The quantitative estimate of drug-likeness (QED) is 0.553. The van der Waals surface area contributed by atoms with E-state index >= 15 is 0 Å². The van der Waals surface area contributed by atoms with Crippen molar-refractivity contribution in [3.05, 3.63) is 59.0 Å². The van der Waals surface area contributed by atoms with Crippen LogP contribution >= 0.6 is 11.3 Å². The van der Waals surface area contributed by atoms with E-state index < -0.39 is 6.10 Å². The highest BCUT2D eigenvalue weighted by atomic mass is 32.1. The van der Waals surface area contributed by atoms with E-state index in [-0.39, 0.29) is 19.3 Å². The van der Waals surface area contributed by atoms with Gasteiger partial charge in [0.2, 0.25) is 6.79 Å². The molecule has 5 rings (SSSR count). The minimum atomic E-state index is -0.629. The van der Waals surface area contributed by atoms with Gasteiger partial charge in [0.1, 0.15) is 6.10 Å². The molecule has 0 radical (unpaired) electrons. The van der Waals surface area contributed by atoms with Crippen LogP contribution in [-0.2, 0) is 4.74 Å². The number of hydrogen-bond acceptors (Lipinski definition) is 7. The first-order chi connectivity index (χ1) is 15.7. The smallest absolute Gasteiger partial charge is 0.254 e. The van der Waals surface area contributed by atoms with E-state index in [0.717, 1.165) is 30.6 Å². The Bertz CT molecular complexity index is 1090. The Hall–Kier alpha value is -2.65. The number of piperazine rings is 1. The normalized spacial score (nSPS) is 17.1. The lowest BCUT2D eigenvalue weighted by atomic mass is 10.1. The number of hydrogen-bond donors (Lipinski definition) is 1. The largest absolute Gasteiger partial charge is 0.454 e. The number of nitrogens with zero attached hydrogens (tertiary/aromatic N) is 2. The molecule has 0 spiro atoms. The molecule has 3 heterocycles. The van der Waals surface area contributed by atoms with Gasteiger partial charge < -0.3 is 24.2 Å². The van der Waals surface area contributed by atoms with Crippen LogP contribution in [-0.4, -0.2) is 73.5 Å². The van der Waals surface area contributed by atoms with Crippen molar-refractivity contribution < 1.29 is 24.1 Å². The predicted octanol–water partition coefficient (Wildman–Crippen LogP) is 3.14. The number of fused-ring (bicyclic) bond motifs is 2. The fourth-order valence-electron chi connectivity index (χ4n) is 4.06. The first-order valence-corrected chi connectivity index (χ1v) is 11.7. The molecule has 1 fully saturated rings. The number of aliphatic hydroxyl groups is 1. The van der Waals surface area contributed by atoms with E-state index in [0.29, 0.717) is 36.8 Å². The van der Waals surface area contributed by atoms with Crippen LogP contribution in [0.1, 0.15) is 22.0 Å². The molecule has 3 aromatic rings. The van der Waals surface area contributed by atoms with Gasteiger partial charge in [-0.05, 0) is 52.7 Å². The highest BCUT2D eigenvalue weighted by Gasteiger charge is 2.24. The third kappa shape index (κ3) is 4.59. The van der Waals surface area contributed by atoms with Crippen molar-refractivity contribution in [3.8, 4) is 11.5 Å². The molecule has 2 aromatic carbocycles. The standard InChI is InChI=1S/C24H26N2O5S/c27-20(17-2-4-23-18(13-17)5-12-32-23)15-29-11-10-25-6-8-26(9-7-25)24(28)19-1-3-21-22(14-19)31-16-30-21/h1-5,12-14,20,27H,6-11,15-16H2. The predicted molar refractivity (Wildman–Crippen MR) is 123 cm³/mol. The molecule has 8 heteroatoms. The summed E-state index contributed by atoms with van der Waals surface area (Å²) in [5.74, 6) is 1.33. The van der Waals surface area contributed by atoms with E-state index in [9.17, 15) is 9.90 Å². The maximum atomic E-state index is 12.8. The number of amides is 1. The first-order valence-electron chi connectivity index (χ1n) is 10.8. The number of thiophene rings is 1. The molecular formula is C24H26N2O5S. The van der Waals surface area contributed by atoms with Gasteiger partial charge in [-0.1, -0.05) is 6.07 Å². The van der Waals surface area contributed by atoms with Crippen LogP contribution in [0.4, 0.5) is 0 Å². The molecule has 7 nitrogen and oxygen atoms in total. The third-order valence-corrected chi connectivity index (χ3v) is 6.87. The number of aliphatic hydroxyl groups excluding tert-OH is 1. The van der Waals surface area contributed by atoms with Crippen molar-refractivity contribution in [2.75, 3.05) is 52.7 Å². The number of rotatable bonds is 7. The number of ether oxygens (including phenoxy) is 3. The lowest BCUT2D eigenvalue weighted by molar-refractivity contribution is 0.0199. The van der Waals surface area contributed by atoms with Gasteiger partial charge in [0.25, 0.3) is 5.91 Å². The van der Waals surface area contributed by atoms with E-state index in [1.54, 1.807) is 29.5 Å². The SMILES string of the molecule is O=C(c1ccc2c(c1)OCO2)N1CCN(CCOCC(O)c2ccc3sccc3c2)CC1. The number of benzene rings is 2. The Balaban J connectivity index is 1.04. The fraction of sp³-hybridized carbons (Fsp3) is 0.375. The number of carbonyl (C=O) groups excluding carboxylic acids is 1. The Labute approximate surface area is 190 Å². The summed E-state index contributed by atoms with van der Waals surface area (Å²) in [6.45, 7) is 4.77. The van der Waals surface area contributed by atoms with E-state index in [4.69, 9.17) is 14.2 Å². The second-order valence-corrected chi connectivity index (χ2v) is 8.96. The zero-order valence-corrected chi connectivity index (χ0v) is 18.6. The third-order valence-electron chi connectivity index (χ3n) is 5.97. The topological polar surface area (TPSA) is 71.5 Å². The second kappa shape index (κ2) is 9.46. The monoisotopic (exact) mass is 454 g/mol. The summed E-state index contributed by atoms with van der Waals surface area (Å²) in [7, 11) is 0. The van der Waals surface area contributed by atoms with Crippen molar-refractivity contribution in [2.45, 2.75) is 6.10 Å². The molecule has 0 bridgehead atoms. The average Bonchev–Trinajstić information content (AvgIpc) is 3.50. The Kier molecular flexibility index (Phi) is 6.27. The van der Waals surface area contributed by atoms with E-state index in [2.05, 4.69) is 16.3 Å². The van der Waals surface area contributed by atoms with E-state index in [1.165, 1.54) is 4.70 Å². The van der Waals surface area contributed by atoms with Crippen LogP contribution in [0.3, 0.4) is 0 Å². The lowest BCUT2D eigenvalue weighted by Crippen LogP contribution is -2.49. The molecule has 1 amide bonds. The maximum absolute atomic E-state index is 12.8. The lowest BCUT2D eigenvalue weighted by Gasteiger charge is -2.34. The highest BCUT2D eigenvalue weighted by molar-refractivity contribution is 7.17. The van der Waals surface area contributed by atoms with Crippen LogP contribution in [0.25, 0.3) is 10.1 Å². The molecular weight excluding hydrogens is 428 g/mol. The minimum absolute atomic E-state index is 0.0184. The van der Waals surface area contributed by atoms with Gasteiger partial charge in [-0.25, -0.2) is 0 Å². The molecule has 0 aliphatic carbocycles. The van der Waals surface area contributed by atoms with Gasteiger partial charge in [-0.3, -0.25) is 9.69 Å². The fourth-order valence-corrected chi connectivity index (χ4v) is 4.83. The molecule has 0 saturated carbocycles. The van der Waals surface area contributed by atoms with Crippen molar-refractivity contribution in [2.24, 2.45) is 0 Å². The molecule has 168 valence electrons. The average molecular weight is 455 g/mol. The highest BCUT2D eigenvalue weighted by Crippen LogP contribution is 2.33. The second-order valence-electron chi connectivity index (χ2n) is 8.01. The minimum Gasteiger partial charge on any atom is -0.454 e.